The lowest BCUT2D eigenvalue weighted by Gasteiger charge is -2.20. The summed E-state index contributed by atoms with van der Waals surface area (Å²) in [6.07, 6.45) is 2.12. The van der Waals surface area contributed by atoms with Crippen LogP contribution in [0.15, 0.2) is 54.7 Å². The highest BCUT2D eigenvalue weighted by atomic mass is 19.1. The highest BCUT2D eigenvalue weighted by Crippen LogP contribution is 2.32. The number of aromatic amines is 1. The van der Waals surface area contributed by atoms with Gasteiger partial charge in [-0.1, -0.05) is 39.0 Å². The van der Waals surface area contributed by atoms with Gasteiger partial charge in [-0.2, -0.15) is 0 Å². The fourth-order valence-corrected chi connectivity index (χ4v) is 3.64. The van der Waals surface area contributed by atoms with E-state index in [-0.39, 0.29) is 17.9 Å². The number of rotatable bonds is 3. The van der Waals surface area contributed by atoms with Gasteiger partial charge in [0.2, 0.25) is 0 Å². The van der Waals surface area contributed by atoms with Crippen LogP contribution < -0.4 is 0 Å². The van der Waals surface area contributed by atoms with Crippen LogP contribution in [0.1, 0.15) is 42.4 Å². The topological polar surface area (TPSA) is 62.4 Å². The number of hydrogen-bond donors (Lipinski definition) is 1. The molecular formula is C25H25FN2O3. The summed E-state index contributed by atoms with van der Waals surface area (Å²) in [6, 6.07) is 13.2. The Bertz CT molecular complexity index is 1170. The number of esters is 1. The van der Waals surface area contributed by atoms with Gasteiger partial charge >= 0.3 is 5.97 Å². The summed E-state index contributed by atoms with van der Waals surface area (Å²) >= 11 is 0. The van der Waals surface area contributed by atoms with E-state index in [9.17, 15) is 14.0 Å². The first kappa shape index (κ1) is 20.8. The number of aromatic nitrogens is 1. The molecule has 0 fully saturated rings. The Morgan fingerprint density at radius 1 is 1.10 bits per heavy atom. The number of hydrogen-bond acceptors (Lipinski definition) is 3. The molecule has 0 saturated carbocycles. The summed E-state index contributed by atoms with van der Waals surface area (Å²) in [5.74, 6) is -1.19. The standard InChI is InChI=1S/C25H25FN2O3/c1-25(2,3)15-31-24(30)20-14-28(23(29)16-8-10-17(26)11-9-16)13-12-19-18-6-4-5-7-21(18)27-22(19)20/h4-11,14,27H,12-13,15H2,1-3H3. The molecule has 3 aromatic rings. The van der Waals surface area contributed by atoms with E-state index in [4.69, 9.17) is 4.74 Å². The van der Waals surface area contributed by atoms with Gasteiger partial charge in [0, 0.05) is 29.2 Å². The van der Waals surface area contributed by atoms with Crippen LogP contribution in [0.25, 0.3) is 16.5 Å². The molecule has 5 nitrogen and oxygen atoms in total. The fraction of sp³-hybridized carbons (Fsp3) is 0.280. The number of amides is 1. The minimum atomic E-state index is -0.485. The number of nitrogens with one attached hydrogen (secondary N) is 1. The molecule has 1 aliphatic heterocycles. The zero-order valence-electron chi connectivity index (χ0n) is 17.9. The number of fused-ring (bicyclic) bond motifs is 3. The van der Waals surface area contributed by atoms with Crippen molar-refractivity contribution in [3.63, 3.8) is 0 Å². The van der Waals surface area contributed by atoms with Crippen molar-refractivity contribution in [1.82, 2.24) is 9.88 Å². The summed E-state index contributed by atoms with van der Waals surface area (Å²) < 4.78 is 18.9. The lowest BCUT2D eigenvalue weighted by atomic mass is 9.98. The largest absolute Gasteiger partial charge is 0.461 e. The Hall–Kier alpha value is -3.41. The van der Waals surface area contributed by atoms with Crippen molar-refractivity contribution in [2.45, 2.75) is 27.2 Å². The maximum atomic E-state index is 13.3. The second-order valence-corrected chi connectivity index (χ2v) is 8.96. The molecule has 0 spiro atoms. The predicted molar refractivity (Wildman–Crippen MR) is 118 cm³/mol. The number of H-pyrrole nitrogens is 1. The number of benzene rings is 2. The van der Waals surface area contributed by atoms with Crippen LogP contribution in [-0.4, -0.2) is 34.9 Å². The highest BCUT2D eigenvalue weighted by molar-refractivity contribution is 6.18. The molecule has 6 heteroatoms. The molecule has 2 aromatic carbocycles. The van der Waals surface area contributed by atoms with Crippen LogP contribution in [0, 0.1) is 11.2 Å². The van der Waals surface area contributed by atoms with Crippen LogP contribution in [0.2, 0.25) is 0 Å². The third-order valence-electron chi connectivity index (χ3n) is 5.18. The van der Waals surface area contributed by atoms with E-state index in [2.05, 4.69) is 4.98 Å². The molecule has 1 N–H and O–H groups in total. The number of carbonyl (C=O) groups excluding carboxylic acids is 2. The van der Waals surface area contributed by atoms with Gasteiger partial charge in [-0.3, -0.25) is 4.79 Å². The summed E-state index contributed by atoms with van der Waals surface area (Å²) in [7, 11) is 0. The molecule has 160 valence electrons. The number of para-hydroxylation sites is 1. The maximum absolute atomic E-state index is 13.3. The third-order valence-corrected chi connectivity index (χ3v) is 5.18. The molecule has 0 bridgehead atoms. The molecule has 0 unspecified atom stereocenters. The number of nitrogens with zero attached hydrogens (tertiary/aromatic N) is 1. The lowest BCUT2D eigenvalue weighted by molar-refractivity contribution is -0.139. The van der Waals surface area contributed by atoms with Gasteiger partial charge in [-0.25, -0.2) is 9.18 Å². The van der Waals surface area contributed by atoms with Crippen molar-refractivity contribution in [2.75, 3.05) is 13.2 Å². The maximum Gasteiger partial charge on any atom is 0.341 e. The molecular weight excluding hydrogens is 395 g/mol. The van der Waals surface area contributed by atoms with Gasteiger partial charge in [0.15, 0.2) is 0 Å². The summed E-state index contributed by atoms with van der Waals surface area (Å²) in [5.41, 5.74) is 3.06. The minimum absolute atomic E-state index is 0.187. The second kappa shape index (κ2) is 8.02. The summed E-state index contributed by atoms with van der Waals surface area (Å²) in [6.45, 7) is 6.60. The molecule has 0 atom stereocenters. The first-order valence-electron chi connectivity index (χ1n) is 10.3. The quantitative estimate of drug-likeness (QED) is 0.611. The van der Waals surface area contributed by atoms with Crippen molar-refractivity contribution in [3.8, 4) is 0 Å². The van der Waals surface area contributed by atoms with Crippen molar-refractivity contribution in [1.29, 1.82) is 0 Å². The monoisotopic (exact) mass is 420 g/mol. The molecule has 1 aliphatic rings. The number of halogens is 1. The van der Waals surface area contributed by atoms with Gasteiger partial charge in [-0.05, 0) is 47.7 Å². The van der Waals surface area contributed by atoms with Gasteiger partial charge in [0.05, 0.1) is 17.9 Å². The highest BCUT2D eigenvalue weighted by Gasteiger charge is 2.28. The summed E-state index contributed by atoms with van der Waals surface area (Å²) in [4.78, 5) is 31.0. The van der Waals surface area contributed by atoms with Crippen molar-refractivity contribution >= 4 is 28.4 Å². The molecule has 0 saturated heterocycles. The third kappa shape index (κ3) is 4.38. The average Bonchev–Trinajstić information content (AvgIpc) is 2.99. The Labute approximate surface area is 180 Å². The van der Waals surface area contributed by atoms with Crippen LogP contribution in [0.3, 0.4) is 0 Å². The molecule has 4 rings (SSSR count). The smallest absolute Gasteiger partial charge is 0.341 e. The molecule has 0 radical (unpaired) electrons. The van der Waals surface area contributed by atoms with Gasteiger partial charge in [0.25, 0.3) is 5.91 Å². The van der Waals surface area contributed by atoms with Crippen LogP contribution in [0.4, 0.5) is 4.39 Å². The summed E-state index contributed by atoms with van der Waals surface area (Å²) in [5, 5.41) is 1.02. The van der Waals surface area contributed by atoms with Crippen molar-refractivity contribution < 1.29 is 18.7 Å². The zero-order chi connectivity index (χ0) is 22.2. The van der Waals surface area contributed by atoms with Crippen LogP contribution in [0.5, 0.6) is 0 Å². The normalized spacial score (nSPS) is 14.1. The number of ether oxygens (including phenoxy) is 1. The van der Waals surface area contributed by atoms with E-state index in [0.717, 1.165) is 16.5 Å². The predicted octanol–water partition coefficient (Wildman–Crippen LogP) is 4.94. The zero-order valence-corrected chi connectivity index (χ0v) is 17.9. The van der Waals surface area contributed by atoms with E-state index in [1.165, 1.54) is 29.2 Å². The molecule has 1 aromatic heterocycles. The Balaban J connectivity index is 1.75. The average molecular weight is 420 g/mol. The SMILES string of the molecule is CC(C)(C)COC(=O)C1=CN(C(=O)c2ccc(F)cc2)CCc2c1[nH]c1ccccc21. The van der Waals surface area contributed by atoms with Crippen molar-refractivity contribution in [3.05, 3.63) is 77.4 Å². The van der Waals surface area contributed by atoms with E-state index < -0.39 is 11.8 Å². The molecule has 31 heavy (non-hydrogen) atoms. The van der Waals surface area contributed by atoms with E-state index in [1.54, 1.807) is 6.20 Å². The Morgan fingerprint density at radius 2 is 1.81 bits per heavy atom. The number of carbonyl (C=O) groups is 2. The minimum Gasteiger partial charge on any atom is -0.461 e. The lowest BCUT2D eigenvalue weighted by Crippen LogP contribution is -2.28. The Morgan fingerprint density at radius 3 is 2.52 bits per heavy atom. The van der Waals surface area contributed by atoms with Crippen molar-refractivity contribution in [2.24, 2.45) is 5.41 Å². The second-order valence-electron chi connectivity index (χ2n) is 8.96. The van der Waals surface area contributed by atoms with E-state index >= 15 is 0 Å². The molecule has 1 amide bonds. The van der Waals surface area contributed by atoms with Crippen LogP contribution in [-0.2, 0) is 16.0 Å². The van der Waals surface area contributed by atoms with Gasteiger partial charge in [0.1, 0.15) is 5.82 Å². The Kier molecular flexibility index (Phi) is 5.39. The first-order valence-corrected chi connectivity index (χ1v) is 10.3. The molecule has 0 aliphatic carbocycles. The van der Waals surface area contributed by atoms with E-state index in [1.807, 2.05) is 45.0 Å². The fourth-order valence-electron chi connectivity index (χ4n) is 3.64. The van der Waals surface area contributed by atoms with E-state index in [0.29, 0.717) is 29.8 Å². The van der Waals surface area contributed by atoms with Gasteiger partial charge < -0.3 is 14.6 Å². The van der Waals surface area contributed by atoms with Gasteiger partial charge in [-0.15, -0.1) is 0 Å². The first-order chi connectivity index (χ1) is 14.7. The molecule has 2 heterocycles. The van der Waals surface area contributed by atoms with Crippen LogP contribution >= 0.6 is 0 Å².